The van der Waals surface area contributed by atoms with Gasteiger partial charge < -0.3 is 10.1 Å². The lowest BCUT2D eigenvalue weighted by molar-refractivity contribution is 0.102. The molecule has 0 saturated heterocycles. The summed E-state index contributed by atoms with van der Waals surface area (Å²) in [5.74, 6) is -2.62. The van der Waals surface area contributed by atoms with Crippen molar-refractivity contribution in [2.24, 2.45) is 0 Å². The third kappa shape index (κ3) is 5.90. The lowest BCUT2D eigenvalue weighted by Crippen LogP contribution is -2.29. The van der Waals surface area contributed by atoms with Gasteiger partial charge in [0.15, 0.2) is 11.5 Å². The first-order chi connectivity index (χ1) is 17.1. The van der Waals surface area contributed by atoms with Crippen LogP contribution in [-0.4, -0.2) is 31.7 Å². The van der Waals surface area contributed by atoms with Crippen molar-refractivity contribution in [1.82, 2.24) is 4.98 Å². The quantitative estimate of drug-likeness (QED) is 0.402. The fourth-order valence-electron chi connectivity index (χ4n) is 3.36. The van der Waals surface area contributed by atoms with E-state index >= 15 is 0 Å². The molecule has 2 aromatic carbocycles. The van der Waals surface area contributed by atoms with Gasteiger partial charge in [-0.2, -0.15) is 5.26 Å². The fourth-order valence-corrected chi connectivity index (χ4v) is 5.16. The zero-order valence-corrected chi connectivity index (χ0v) is 20.8. The van der Waals surface area contributed by atoms with Crippen LogP contribution in [0.15, 0.2) is 48.7 Å². The molecule has 36 heavy (non-hydrogen) atoms. The third-order valence-corrected chi connectivity index (χ3v) is 7.61. The maximum Gasteiger partial charge on any atom is 0.258 e. The Labute approximate surface area is 211 Å². The molecule has 3 rings (SSSR count). The number of carbonyl (C=O) groups is 1. The van der Waals surface area contributed by atoms with Crippen molar-refractivity contribution in [3.63, 3.8) is 0 Å². The second-order valence-corrected chi connectivity index (χ2v) is 9.94. The predicted molar refractivity (Wildman–Crippen MR) is 132 cm³/mol. The van der Waals surface area contributed by atoms with Gasteiger partial charge in [-0.05, 0) is 48.7 Å². The van der Waals surface area contributed by atoms with E-state index in [0.29, 0.717) is 5.75 Å². The van der Waals surface area contributed by atoms with Gasteiger partial charge in [0.2, 0.25) is 10.0 Å². The lowest BCUT2D eigenvalue weighted by Gasteiger charge is -2.19. The minimum absolute atomic E-state index is 0.172. The van der Waals surface area contributed by atoms with Crippen molar-refractivity contribution in [2.75, 3.05) is 17.1 Å². The van der Waals surface area contributed by atoms with Crippen LogP contribution in [0.5, 0.6) is 5.75 Å². The molecule has 2 N–H and O–H groups in total. The van der Waals surface area contributed by atoms with Crippen molar-refractivity contribution in [2.45, 2.75) is 25.0 Å². The first-order valence-corrected chi connectivity index (χ1v) is 12.5. The molecule has 0 aliphatic rings. The number of aromatic nitrogens is 1. The van der Waals surface area contributed by atoms with Crippen LogP contribution in [0.4, 0.5) is 20.2 Å². The molecule has 3 aromatic rings. The van der Waals surface area contributed by atoms with Crippen LogP contribution in [0.2, 0.25) is 5.02 Å². The number of anilines is 2. The van der Waals surface area contributed by atoms with E-state index in [0.717, 1.165) is 30.0 Å². The Kier molecular flexibility index (Phi) is 8.45. The van der Waals surface area contributed by atoms with E-state index in [1.54, 1.807) is 31.2 Å². The number of sulfonamides is 1. The summed E-state index contributed by atoms with van der Waals surface area (Å²) in [6.45, 7) is 1.71. The highest BCUT2D eigenvalue weighted by atomic mass is 35.5. The van der Waals surface area contributed by atoms with Crippen molar-refractivity contribution in [3.05, 3.63) is 82.1 Å². The highest BCUT2D eigenvalue weighted by Gasteiger charge is 2.27. The Morgan fingerprint density at radius 1 is 1.19 bits per heavy atom. The average molecular weight is 535 g/mol. The highest BCUT2D eigenvalue weighted by Crippen LogP contribution is 2.34. The van der Waals surface area contributed by atoms with Crippen molar-refractivity contribution < 1.29 is 26.7 Å². The molecule has 12 heteroatoms. The molecule has 0 bridgehead atoms. The predicted octanol–water partition coefficient (Wildman–Crippen LogP) is 4.91. The van der Waals surface area contributed by atoms with Gasteiger partial charge in [0.25, 0.3) is 5.91 Å². The van der Waals surface area contributed by atoms with Crippen molar-refractivity contribution in [3.8, 4) is 11.8 Å². The summed E-state index contributed by atoms with van der Waals surface area (Å²) >= 11 is 6.24. The second kappa shape index (κ2) is 11.3. The molecule has 188 valence electrons. The van der Waals surface area contributed by atoms with E-state index in [4.69, 9.17) is 21.6 Å². The van der Waals surface area contributed by atoms with Gasteiger partial charge in [0.05, 0.1) is 34.3 Å². The summed E-state index contributed by atoms with van der Waals surface area (Å²) in [7, 11) is -2.47. The normalized spacial score (nSPS) is 11.9. The van der Waals surface area contributed by atoms with Gasteiger partial charge >= 0.3 is 0 Å². The Bertz CT molecular complexity index is 1430. The van der Waals surface area contributed by atoms with Crippen molar-refractivity contribution >= 4 is 38.9 Å². The average Bonchev–Trinajstić information content (AvgIpc) is 2.87. The molecule has 1 heterocycles. The highest BCUT2D eigenvalue weighted by molar-refractivity contribution is 7.93. The number of halogens is 3. The number of methoxy groups -OCH3 is 1. The SMILES string of the molecule is CCC(Cc1ccc(OC)cc1)S(=O)(=O)Nc1ccc(F)c(NC(=O)c2ccnc(C#N)c2F)c1Cl. The molecule has 1 atom stereocenters. The summed E-state index contributed by atoms with van der Waals surface area (Å²) in [6.07, 6.45) is 1.51. The Morgan fingerprint density at radius 2 is 1.89 bits per heavy atom. The largest absolute Gasteiger partial charge is 0.497 e. The monoisotopic (exact) mass is 534 g/mol. The van der Waals surface area contributed by atoms with E-state index in [1.165, 1.54) is 13.2 Å². The standard InChI is InChI=1S/C24H21ClF2N4O4S/c1-3-16(12-14-4-6-15(35-2)7-5-14)36(33,34)31-19-9-8-18(26)23(21(19)25)30-24(32)17-10-11-29-20(13-28)22(17)27/h4-11,16,31H,3,12H2,1-2H3,(H,30,32). The minimum atomic E-state index is -3.99. The number of hydrogen-bond acceptors (Lipinski definition) is 6. The minimum Gasteiger partial charge on any atom is -0.497 e. The lowest BCUT2D eigenvalue weighted by atomic mass is 10.1. The van der Waals surface area contributed by atoms with Gasteiger partial charge in [0.1, 0.15) is 17.6 Å². The van der Waals surface area contributed by atoms with Crippen LogP contribution in [0, 0.1) is 23.0 Å². The number of rotatable bonds is 9. The number of nitrogens with one attached hydrogen (secondary N) is 2. The number of ether oxygens (including phenoxy) is 1. The topological polar surface area (TPSA) is 121 Å². The Hall–Kier alpha value is -3.75. The summed E-state index contributed by atoms with van der Waals surface area (Å²) in [5.41, 5.74) is -1.14. The summed E-state index contributed by atoms with van der Waals surface area (Å²) in [4.78, 5) is 16.0. The molecule has 0 spiro atoms. The molecule has 1 unspecified atom stereocenters. The van der Waals surface area contributed by atoms with Crippen LogP contribution >= 0.6 is 11.6 Å². The maximum absolute atomic E-state index is 14.5. The van der Waals surface area contributed by atoms with Crippen LogP contribution in [0.1, 0.15) is 35.0 Å². The fraction of sp³-hybridized carbons (Fsp3) is 0.208. The second-order valence-electron chi connectivity index (χ2n) is 7.60. The van der Waals surface area contributed by atoms with Crippen LogP contribution in [0.3, 0.4) is 0 Å². The van der Waals surface area contributed by atoms with Gasteiger partial charge in [0, 0.05) is 6.20 Å². The van der Waals surface area contributed by atoms with E-state index in [2.05, 4.69) is 15.0 Å². The Morgan fingerprint density at radius 3 is 2.50 bits per heavy atom. The Balaban J connectivity index is 1.85. The first-order valence-electron chi connectivity index (χ1n) is 10.6. The number of pyridine rings is 1. The maximum atomic E-state index is 14.5. The molecule has 0 fully saturated rings. The molecule has 0 radical (unpaired) electrons. The molecule has 0 aliphatic carbocycles. The number of amides is 1. The molecule has 1 amide bonds. The van der Waals surface area contributed by atoms with Crippen molar-refractivity contribution in [1.29, 1.82) is 5.26 Å². The summed E-state index contributed by atoms with van der Waals surface area (Å²) in [5, 5.41) is 9.75. The number of benzene rings is 2. The molecular weight excluding hydrogens is 514 g/mol. The zero-order valence-electron chi connectivity index (χ0n) is 19.2. The van der Waals surface area contributed by atoms with Crippen LogP contribution in [-0.2, 0) is 16.4 Å². The van der Waals surface area contributed by atoms with E-state index < -0.39 is 54.8 Å². The molecule has 0 aliphatic heterocycles. The summed E-state index contributed by atoms with van der Waals surface area (Å²) < 4.78 is 62.5. The van der Waals surface area contributed by atoms with Gasteiger partial charge in [-0.3, -0.25) is 9.52 Å². The molecule has 0 saturated carbocycles. The van der Waals surface area contributed by atoms with E-state index in [1.807, 2.05) is 0 Å². The van der Waals surface area contributed by atoms with E-state index in [9.17, 15) is 22.0 Å². The molecule has 8 nitrogen and oxygen atoms in total. The van der Waals surface area contributed by atoms with Crippen LogP contribution < -0.4 is 14.8 Å². The third-order valence-electron chi connectivity index (χ3n) is 5.34. The number of nitrogens with zero attached hydrogens (tertiary/aromatic N) is 2. The van der Waals surface area contributed by atoms with Gasteiger partial charge in [-0.25, -0.2) is 22.2 Å². The smallest absolute Gasteiger partial charge is 0.258 e. The number of carbonyl (C=O) groups excluding carboxylic acids is 1. The van der Waals surface area contributed by atoms with Gasteiger partial charge in [-0.1, -0.05) is 30.7 Å². The van der Waals surface area contributed by atoms with Crippen LogP contribution in [0.25, 0.3) is 0 Å². The number of hydrogen-bond donors (Lipinski definition) is 2. The van der Waals surface area contributed by atoms with E-state index in [-0.39, 0.29) is 18.5 Å². The van der Waals surface area contributed by atoms with Gasteiger partial charge in [-0.15, -0.1) is 0 Å². The first kappa shape index (κ1) is 26.8. The number of nitriles is 1. The zero-order chi connectivity index (χ0) is 26.5. The summed E-state index contributed by atoms with van der Waals surface area (Å²) in [6, 6.07) is 11.5. The molecule has 1 aromatic heterocycles. The molecular formula is C24H21ClF2N4O4S.